The van der Waals surface area contributed by atoms with Gasteiger partial charge in [0, 0.05) is 43.3 Å². The third-order valence-corrected chi connectivity index (χ3v) is 5.45. The lowest BCUT2D eigenvalue weighted by Crippen LogP contribution is -2.36. The van der Waals surface area contributed by atoms with Gasteiger partial charge in [0.15, 0.2) is 5.69 Å². The van der Waals surface area contributed by atoms with E-state index in [1.54, 1.807) is 29.9 Å². The van der Waals surface area contributed by atoms with Gasteiger partial charge in [0.05, 0.1) is 37.5 Å². The molecule has 1 saturated heterocycles. The maximum Gasteiger partial charge on any atom is 0.435 e. The number of aromatic nitrogens is 5. The maximum absolute atomic E-state index is 13.9. The van der Waals surface area contributed by atoms with E-state index < -0.39 is 11.9 Å². The fourth-order valence-electron chi connectivity index (χ4n) is 3.79. The average Bonchev–Trinajstić information content (AvgIpc) is 3.21. The lowest BCUT2D eigenvalue weighted by atomic mass is 10.1. The molecule has 1 aromatic carbocycles. The lowest BCUT2D eigenvalue weighted by Gasteiger charge is -2.28. The summed E-state index contributed by atoms with van der Waals surface area (Å²) in [6.45, 7) is 2.94. The number of imidazole rings is 1. The van der Waals surface area contributed by atoms with E-state index in [9.17, 15) is 13.2 Å². The van der Waals surface area contributed by atoms with Crippen LogP contribution in [-0.2, 0) is 18.0 Å². The number of hydrogen-bond acceptors (Lipinski definition) is 7. The Morgan fingerprint density at radius 3 is 2.48 bits per heavy atom. The third kappa shape index (κ3) is 4.19. The van der Waals surface area contributed by atoms with E-state index >= 15 is 0 Å². The third-order valence-electron chi connectivity index (χ3n) is 5.45. The quantitative estimate of drug-likeness (QED) is 0.498. The van der Waals surface area contributed by atoms with Gasteiger partial charge in [-0.05, 0) is 24.3 Å². The molecule has 0 aliphatic carbocycles. The van der Waals surface area contributed by atoms with Crippen molar-refractivity contribution in [2.24, 2.45) is 7.05 Å². The maximum atomic E-state index is 13.9. The zero-order valence-corrected chi connectivity index (χ0v) is 17.7. The van der Waals surface area contributed by atoms with Gasteiger partial charge in [-0.15, -0.1) is 0 Å². The number of nitrogens with one attached hydrogen (secondary N) is 1. The van der Waals surface area contributed by atoms with E-state index in [1.165, 1.54) is 18.7 Å². The number of morpholine rings is 1. The number of nitrogens with zero attached hydrogens (tertiary/aromatic N) is 6. The smallest absolute Gasteiger partial charge is 0.378 e. The molecule has 1 N–H and O–H groups in total. The molecule has 4 heterocycles. The minimum atomic E-state index is -4.71. The Labute approximate surface area is 187 Å². The largest absolute Gasteiger partial charge is 0.435 e. The Morgan fingerprint density at radius 2 is 1.76 bits per heavy atom. The summed E-state index contributed by atoms with van der Waals surface area (Å²) in [4.78, 5) is 18.4. The van der Waals surface area contributed by atoms with Crippen LogP contribution < -0.4 is 10.2 Å². The summed E-state index contributed by atoms with van der Waals surface area (Å²) in [5.74, 6) is -0.00801. The van der Waals surface area contributed by atoms with E-state index in [-0.39, 0.29) is 17.1 Å². The van der Waals surface area contributed by atoms with Gasteiger partial charge in [-0.2, -0.15) is 13.2 Å². The molecule has 0 amide bonds. The number of hydrogen-bond donors (Lipinski definition) is 1. The molecule has 4 aromatic rings. The Kier molecular flexibility index (Phi) is 5.33. The number of rotatable bonds is 4. The average molecular weight is 455 g/mol. The van der Waals surface area contributed by atoms with Gasteiger partial charge in [-0.25, -0.2) is 15.0 Å². The lowest BCUT2D eigenvalue weighted by molar-refractivity contribution is -0.140. The van der Waals surface area contributed by atoms with Crippen LogP contribution in [0.25, 0.3) is 22.3 Å². The molecule has 3 aromatic heterocycles. The first-order valence-corrected chi connectivity index (χ1v) is 10.3. The van der Waals surface area contributed by atoms with Crippen LogP contribution in [-0.4, -0.2) is 50.8 Å². The molecule has 0 unspecified atom stereocenters. The number of halogens is 3. The van der Waals surface area contributed by atoms with Crippen LogP contribution in [0.2, 0.25) is 0 Å². The van der Waals surface area contributed by atoms with Crippen LogP contribution in [0.4, 0.5) is 30.4 Å². The number of fused-ring (bicyclic) bond motifs is 1. The Balaban J connectivity index is 1.46. The van der Waals surface area contributed by atoms with Crippen molar-refractivity contribution in [1.29, 1.82) is 0 Å². The predicted octanol–water partition coefficient (Wildman–Crippen LogP) is 4.02. The van der Waals surface area contributed by atoms with Crippen molar-refractivity contribution in [3.8, 4) is 11.3 Å². The molecule has 33 heavy (non-hydrogen) atoms. The zero-order chi connectivity index (χ0) is 23.0. The molecule has 0 spiro atoms. The number of benzene rings is 1. The van der Waals surface area contributed by atoms with Gasteiger partial charge in [-0.1, -0.05) is 0 Å². The first kappa shape index (κ1) is 21.1. The van der Waals surface area contributed by atoms with Gasteiger partial charge in [0.25, 0.3) is 0 Å². The summed E-state index contributed by atoms with van der Waals surface area (Å²) in [6, 6.07) is 7.42. The second-order valence-corrected chi connectivity index (χ2v) is 7.63. The Hall–Kier alpha value is -3.73. The van der Waals surface area contributed by atoms with E-state index in [0.29, 0.717) is 29.9 Å². The van der Waals surface area contributed by atoms with Crippen LogP contribution in [0.1, 0.15) is 5.69 Å². The zero-order valence-electron chi connectivity index (χ0n) is 17.7. The first-order valence-electron chi connectivity index (χ1n) is 10.3. The van der Waals surface area contributed by atoms with E-state index in [0.717, 1.165) is 18.8 Å². The molecule has 1 aliphatic heterocycles. The monoisotopic (exact) mass is 455 g/mol. The van der Waals surface area contributed by atoms with Gasteiger partial charge in [0.2, 0.25) is 0 Å². The minimum absolute atomic E-state index is 0.00801. The second kappa shape index (κ2) is 8.32. The van der Waals surface area contributed by atoms with Crippen molar-refractivity contribution in [3.05, 3.63) is 54.9 Å². The van der Waals surface area contributed by atoms with Gasteiger partial charge < -0.3 is 19.5 Å². The highest BCUT2D eigenvalue weighted by Crippen LogP contribution is 2.37. The molecule has 0 atom stereocenters. The summed E-state index contributed by atoms with van der Waals surface area (Å²) in [6.07, 6.45) is 0.960. The molecule has 11 heteroatoms. The summed E-state index contributed by atoms with van der Waals surface area (Å²) < 4.78 is 48.8. The normalized spacial score (nSPS) is 14.6. The van der Waals surface area contributed by atoms with Gasteiger partial charge in [-0.3, -0.25) is 4.98 Å². The topological polar surface area (TPSA) is 81.0 Å². The van der Waals surface area contributed by atoms with Crippen molar-refractivity contribution in [3.63, 3.8) is 0 Å². The van der Waals surface area contributed by atoms with Crippen LogP contribution in [0.15, 0.2) is 49.2 Å². The van der Waals surface area contributed by atoms with Crippen molar-refractivity contribution in [2.75, 3.05) is 36.5 Å². The summed E-state index contributed by atoms with van der Waals surface area (Å²) in [5, 5.41) is 2.91. The number of pyridine rings is 1. The molecule has 170 valence electrons. The highest BCUT2D eigenvalue weighted by Gasteiger charge is 2.38. The Morgan fingerprint density at radius 1 is 1.00 bits per heavy atom. The number of ether oxygens (including phenoxy) is 1. The Bertz CT molecular complexity index is 1280. The highest BCUT2D eigenvalue weighted by molar-refractivity contribution is 5.90. The van der Waals surface area contributed by atoms with Crippen molar-refractivity contribution in [1.82, 2.24) is 24.5 Å². The number of aryl methyl sites for hydroxylation is 1. The number of alkyl halides is 3. The molecule has 1 aliphatic rings. The summed E-state index contributed by atoms with van der Waals surface area (Å²) >= 11 is 0. The molecule has 0 radical (unpaired) electrons. The molecule has 8 nitrogen and oxygen atoms in total. The fraction of sp³-hybridized carbons (Fsp3) is 0.273. The molecular weight excluding hydrogens is 435 g/mol. The number of anilines is 3. The van der Waals surface area contributed by atoms with Crippen LogP contribution in [0.5, 0.6) is 0 Å². The standard InChI is InChI=1S/C22H20F3N7O/c1-31-13-28-19-16(10-26-11-17(19)31)20-21(22(23,24)25)30-18(12-27-20)29-14-2-4-15(5-3-14)32-6-8-33-9-7-32/h2-5,10-13H,6-9H2,1H3,(H,29,30). The highest BCUT2D eigenvalue weighted by atomic mass is 19.4. The van der Waals surface area contributed by atoms with Crippen LogP contribution in [0, 0.1) is 0 Å². The minimum Gasteiger partial charge on any atom is -0.378 e. The van der Waals surface area contributed by atoms with Gasteiger partial charge >= 0.3 is 6.18 Å². The van der Waals surface area contributed by atoms with E-state index in [1.807, 2.05) is 12.1 Å². The van der Waals surface area contributed by atoms with Crippen LogP contribution in [0.3, 0.4) is 0 Å². The molecule has 0 bridgehead atoms. The summed E-state index contributed by atoms with van der Waals surface area (Å²) in [5.41, 5.74) is 1.38. The predicted molar refractivity (Wildman–Crippen MR) is 117 cm³/mol. The van der Waals surface area contributed by atoms with Crippen molar-refractivity contribution < 1.29 is 17.9 Å². The van der Waals surface area contributed by atoms with Crippen molar-refractivity contribution in [2.45, 2.75) is 6.18 Å². The van der Waals surface area contributed by atoms with Crippen LogP contribution >= 0.6 is 0 Å². The molecule has 0 saturated carbocycles. The van der Waals surface area contributed by atoms with E-state index in [2.05, 4.69) is 30.2 Å². The molecular formula is C22H20F3N7O. The van der Waals surface area contributed by atoms with E-state index in [4.69, 9.17) is 4.74 Å². The molecule has 5 rings (SSSR count). The van der Waals surface area contributed by atoms with Gasteiger partial charge in [0.1, 0.15) is 17.0 Å². The fourth-order valence-corrected chi connectivity index (χ4v) is 3.79. The van der Waals surface area contributed by atoms with Crippen molar-refractivity contribution >= 4 is 28.2 Å². The summed E-state index contributed by atoms with van der Waals surface area (Å²) in [7, 11) is 1.74. The first-order chi connectivity index (χ1) is 15.9. The SMILES string of the molecule is Cn1cnc2c(-c3ncc(Nc4ccc(N5CCOCC5)cc4)nc3C(F)(F)F)cncc21. The second-order valence-electron chi connectivity index (χ2n) is 7.63. The molecule has 1 fully saturated rings.